The number of furan rings is 1. The molecule has 0 amide bonds. The van der Waals surface area contributed by atoms with Gasteiger partial charge in [-0.05, 0) is 51.7 Å². The number of ether oxygens (including phenoxy) is 2. The lowest BCUT2D eigenvalue weighted by atomic mass is 10.1. The number of halogens is 1. The molecular weight excluding hydrogens is 507 g/mol. The number of hydrogen-bond donors (Lipinski definition) is 2. The number of guanidine groups is 1. The van der Waals surface area contributed by atoms with Crippen LogP contribution in [-0.2, 0) is 11.3 Å². The van der Waals surface area contributed by atoms with Gasteiger partial charge in [0.25, 0.3) is 0 Å². The van der Waals surface area contributed by atoms with E-state index in [1.807, 2.05) is 26.2 Å². The zero-order valence-electron chi connectivity index (χ0n) is 18.9. The van der Waals surface area contributed by atoms with Gasteiger partial charge in [0.2, 0.25) is 0 Å². The van der Waals surface area contributed by atoms with Crippen molar-refractivity contribution in [2.45, 2.75) is 39.0 Å². The van der Waals surface area contributed by atoms with Crippen LogP contribution in [0, 0.1) is 6.92 Å². The molecule has 0 bridgehead atoms. The van der Waals surface area contributed by atoms with Gasteiger partial charge in [0.05, 0.1) is 32.1 Å². The maximum atomic E-state index is 6.20. The van der Waals surface area contributed by atoms with Gasteiger partial charge in [-0.1, -0.05) is 12.1 Å². The molecule has 2 unspecified atom stereocenters. The van der Waals surface area contributed by atoms with Crippen molar-refractivity contribution in [3.8, 4) is 5.75 Å². The molecule has 3 rings (SSSR count). The van der Waals surface area contributed by atoms with Crippen molar-refractivity contribution in [3.05, 3.63) is 53.5 Å². The lowest BCUT2D eigenvalue weighted by Crippen LogP contribution is -2.41. The summed E-state index contributed by atoms with van der Waals surface area (Å²) in [5.41, 5.74) is 2.24. The van der Waals surface area contributed by atoms with E-state index in [-0.39, 0.29) is 36.1 Å². The van der Waals surface area contributed by atoms with Crippen molar-refractivity contribution in [1.29, 1.82) is 0 Å². The highest BCUT2D eigenvalue weighted by molar-refractivity contribution is 14.0. The van der Waals surface area contributed by atoms with Crippen molar-refractivity contribution >= 4 is 29.9 Å². The monoisotopic (exact) mass is 542 g/mol. The SMILES string of the molecule is CCNC(=NCc1ccc(C)cc1OC1CCOC1)NCC(c1ccco1)N(C)C.I. The molecule has 1 fully saturated rings. The van der Waals surface area contributed by atoms with Gasteiger partial charge >= 0.3 is 0 Å². The van der Waals surface area contributed by atoms with Gasteiger partial charge in [-0.2, -0.15) is 0 Å². The highest BCUT2D eigenvalue weighted by Gasteiger charge is 2.19. The number of nitrogens with zero attached hydrogens (tertiary/aromatic N) is 2. The first-order valence-corrected chi connectivity index (χ1v) is 10.6. The van der Waals surface area contributed by atoms with Crippen LogP contribution in [0.25, 0.3) is 0 Å². The van der Waals surface area contributed by atoms with Gasteiger partial charge < -0.3 is 24.5 Å². The highest BCUT2D eigenvalue weighted by Crippen LogP contribution is 2.24. The van der Waals surface area contributed by atoms with E-state index in [2.05, 4.69) is 47.6 Å². The van der Waals surface area contributed by atoms with E-state index in [9.17, 15) is 0 Å². The highest BCUT2D eigenvalue weighted by atomic mass is 127. The third-order valence-corrected chi connectivity index (χ3v) is 5.11. The minimum Gasteiger partial charge on any atom is -0.488 e. The predicted octanol–water partition coefficient (Wildman–Crippen LogP) is 3.73. The summed E-state index contributed by atoms with van der Waals surface area (Å²) in [6, 6.07) is 10.3. The molecule has 0 aliphatic carbocycles. The Labute approximate surface area is 202 Å². The van der Waals surface area contributed by atoms with Gasteiger partial charge in [-0.3, -0.25) is 4.90 Å². The van der Waals surface area contributed by atoms with Crippen molar-refractivity contribution < 1.29 is 13.9 Å². The summed E-state index contributed by atoms with van der Waals surface area (Å²) in [6.07, 6.45) is 2.76. The number of aryl methyl sites for hydroxylation is 1. The molecular formula is C23H35IN4O3. The topological polar surface area (TPSA) is 71.3 Å². The molecule has 1 aromatic carbocycles. The first-order valence-electron chi connectivity index (χ1n) is 10.6. The van der Waals surface area contributed by atoms with Crippen molar-refractivity contribution in [1.82, 2.24) is 15.5 Å². The standard InChI is InChI=1S/C23H34N4O3.HI/c1-5-24-23(26-15-20(27(3)4)21-7-6-11-29-21)25-14-18-9-8-17(2)13-22(18)30-19-10-12-28-16-19;/h6-9,11,13,19-20H,5,10,12,14-16H2,1-4H3,(H2,24,25,26);1H. The molecule has 0 radical (unpaired) electrons. The summed E-state index contributed by atoms with van der Waals surface area (Å²) in [7, 11) is 4.09. The van der Waals surface area contributed by atoms with Crippen molar-refractivity contribution in [2.75, 3.05) is 40.4 Å². The number of nitrogens with one attached hydrogen (secondary N) is 2. The van der Waals surface area contributed by atoms with Gasteiger partial charge in [-0.25, -0.2) is 4.99 Å². The van der Waals surface area contributed by atoms with Gasteiger partial charge in [0.1, 0.15) is 17.6 Å². The predicted molar refractivity (Wildman–Crippen MR) is 134 cm³/mol. The largest absolute Gasteiger partial charge is 0.488 e. The first kappa shape index (κ1) is 25.5. The lowest BCUT2D eigenvalue weighted by molar-refractivity contribution is 0.140. The molecule has 172 valence electrons. The fraction of sp³-hybridized carbons (Fsp3) is 0.522. The maximum absolute atomic E-state index is 6.20. The Hall–Kier alpha value is -1.78. The summed E-state index contributed by atoms with van der Waals surface area (Å²) < 4.78 is 17.3. The lowest BCUT2D eigenvalue weighted by Gasteiger charge is -2.23. The summed E-state index contributed by atoms with van der Waals surface area (Å²) in [5, 5.41) is 6.77. The molecule has 8 heteroatoms. The Balaban J connectivity index is 0.00000341. The van der Waals surface area contributed by atoms with Crippen LogP contribution in [0.15, 0.2) is 46.0 Å². The van der Waals surface area contributed by atoms with Gasteiger partial charge in [-0.15, -0.1) is 24.0 Å². The van der Waals surface area contributed by atoms with E-state index >= 15 is 0 Å². The van der Waals surface area contributed by atoms with Crippen LogP contribution < -0.4 is 15.4 Å². The minimum absolute atomic E-state index is 0. The Morgan fingerprint density at radius 2 is 2.13 bits per heavy atom. The van der Waals surface area contributed by atoms with Gasteiger partial charge in [0, 0.05) is 25.1 Å². The fourth-order valence-corrected chi connectivity index (χ4v) is 3.41. The maximum Gasteiger partial charge on any atom is 0.191 e. The number of benzene rings is 1. The van der Waals surface area contributed by atoms with E-state index < -0.39 is 0 Å². The Bertz CT molecular complexity index is 805. The normalized spacial score (nSPS) is 17.3. The molecule has 2 atom stereocenters. The molecule has 0 spiro atoms. The molecule has 1 aromatic heterocycles. The Kier molecular flexibility index (Phi) is 10.6. The molecule has 0 saturated carbocycles. The molecule has 1 aliphatic heterocycles. The summed E-state index contributed by atoms with van der Waals surface area (Å²) >= 11 is 0. The van der Waals surface area contributed by atoms with E-state index in [1.165, 1.54) is 5.56 Å². The van der Waals surface area contributed by atoms with Crippen LogP contribution in [0.3, 0.4) is 0 Å². The summed E-state index contributed by atoms with van der Waals surface area (Å²) in [6.45, 7) is 7.56. The molecule has 31 heavy (non-hydrogen) atoms. The van der Waals surface area contributed by atoms with E-state index in [1.54, 1.807) is 6.26 Å². The van der Waals surface area contributed by atoms with Crippen LogP contribution in [-0.4, -0.2) is 57.4 Å². The average Bonchev–Trinajstić information content (AvgIpc) is 3.41. The van der Waals surface area contributed by atoms with Crippen molar-refractivity contribution in [2.24, 2.45) is 4.99 Å². The first-order chi connectivity index (χ1) is 14.6. The fourth-order valence-electron chi connectivity index (χ4n) is 3.41. The summed E-state index contributed by atoms with van der Waals surface area (Å²) in [5.74, 6) is 2.59. The van der Waals surface area contributed by atoms with E-state index in [0.29, 0.717) is 19.7 Å². The quantitative estimate of drug-likeness (QED) is 0.286. The average molecular weight is 542 g/mol. The second-order valence-corrected chi connectivity index (χ2v) is 7.79. The van der Waals surface area contributed by atoms with Crippen LogP contribution in [0.1, 0.15) is 36.3 Å². The molecule has 1 aliphatic rings. The molecule has 1 saturated heterocycles. The molecule has 2 aromatic rings. The number of rotatable bonds is 9. The number of aliphatic imine (C=N–C) groups is 1. The van der Waals surface area contributed by atoms with Crippen LogP contribution in [0.4, 0.5) is 0 Å². The zero-order valence-corrected chi connectivity index (χ0v) is 21.2. The molecule has 2 heterocycles. The van der Waals surface area contributed by atoms with Crippen LogP contribution in [0.5, 0.6) is 5.75 Å². The summed E-state index contributed by atoms with van der Waals surface area (Å²) in [4.78, 5) is 6.93. The molecule has 2 N–H and O–H groups in total. The third kappa shape index (κ3) is 7.69. The van der Waals surface area contributed by atoms with E-state index in [0.717, 1.165) is 42.6 Å². The van der Waals surface area contributed by atoms with Crippen LogP contribution >= 0.6 is 24.0 Å². The van der Waals surface area contributed by atoms with Crippen molar-refractivity contribution in [3.63, 3.8) is 0 Å². The van der Waals surface area contributed by atoms with Crippen LogP contribution in [0.2, 0.25) is 0 Å². The number of hydrogen-bond acceptors (Lipinski definition) is 5. The minimum atomic E-state index is 0. The second kappa shape index (κ2) is 12.9. The number of likely N-dealkylation sites (N-methyl/N-ethyl adjacent to an activating group) is 1. The van der Waals surface area contributed by atoms with Gasteiger partial charge in [0.15, 0.2) is 5.96 Å². The Morgan fingerprint density at radius 3 is 2.77 bits per heavy atom. The molecule has 7 nitrogen and oxygen atoms in total. The van der Waals surface area contributed by atoms with E-state index in [4.69, 9.17) is 18.9 Å². The smallest absolute Gasteiger partial charge is 0.191 e. The second-order valence-electron chi connectivity index (χ2n) is 7.79. The Morgan fingerprint density at radius 1 is 1.29 bits per heavy atom. The third-order valence-electron chi connectivity index (χ3n) is 5.11. The zero-order chi connectivity index (χ0) is 21.3.